The molecule has 3 aliphatic heterocycles. The normalized spacial score (nSPS) is 19.1. The van der Waals surface area contributed by atoms with Gasteiger partial charge in [-0.05, 0) is 79.1 Å². The van der Waals surface area contributed by atoms with Crippen LogP contribution in [0.1, 0.15) is 46.2 Å². The lowest BCUT2D eigenvalue weighted by atomic mass is 9.96. The molecule has 0 saturated heterocycles. The van der Waals surface area contributed by atoms with Crippen molar-refractivity contribution in [3.05, 3.63) is 80.9 Å². The number of nitrogens with zero attached hydrogens (tertiary/aromatic N) is 4. The lowest BCUT2D eigenvalue weighted by molar-refractivity contribution is 0.297. The number of hydrogen-bond acceptors (Lipinski definition) is 6. The zero-order chi connectivity index (χ0) is 25.7. The van der Waals surface area contributed by atoms with Gasteiger partial charge in [0.15, 0.2) is 0 Å². The standard InChI is InChI=1S/C27H27ClN4O4S/c1-17-5-6-19-13-20-7-8-23-27(18(20)2)29-30-32(23)11-3-4-12-35-25-10-9-24-22(26(25)28)16-31(15-21(17)14-19)37(33,34)36-24/h5-10,14H,3-4,11-13,15-16H2,1-2H3. The molecular weight excluding hydrogens is 512 g/mol. The van der Waals surface area contributed by atoms with Gasteiger partial charge >= 0.3 is 10.3 Å². The molecule has 10 heteroatoms. The van der Waals surface area contributed by atoms with Gasteiger partial charge in [0.25, 0.3) is 0 Å². The SMILES string of the molecule is Cc1ccc2cc1CN1Cc3c(ccc(c3Cl)OCCCCn3nnc4c(C)c(ccc43)C2)OS1(=O)=O. The summed E-state index contributed by atoms with van der Waals surface area (Å²) in [6.45, 7) is 5.56. The molecule has 3 aliphatic rings. The van der Waals surface area contributed by atoms with Crippen molar-refractivity contribution in [1.29, 1.82) is 0 Å². The molecule has 4 heterocycles. The van der Waals surface area contributed by atoms with Crippen molar-refractivity contribution in [1.82, 2.24) is 19.3 Å². The highest BCUT2D eigenvalue weighted by molar-refractivity contribution is 7.84. The zero-order valence-electron chi connectivity index (χ0n) is 20.7. The van der Waals surface area contributed by atoms with E-state index in [4.69, 9.17) is 20.5 Å². The van der Waals surface area contributed by atoms with E-state index in [1.165, 1.54) is 9.87 Å². The van der Waals surface area contributed by atoms with Gasteiger partial charge in [-0.2, -0.15) is 12.7 Å². The molecule has 0 aliphatic carbocycles. The van der Waals surface area contributed by atoms with Crippen molar-refractivity contribution >= 4 is 32.9 Å². The molecule has 0 saturated carbocycles. The Kier molecular flexibility index (Phi) is 6.09. The fraction of sp³-hybridized carbons (Fsp3) is 0.333. The summed E-state index contributed by atoms with van der Waals surface area (Å²) in [4.78, 5) is 0. The molecule has 1 aromatic heterocycles. The van der Waals surface area contributed by atoms with E-state index in [-0.39, 0.29) is 18.8 Å². The highest BCUT2D eigenvalue weighted by atomic mass is 35.5. The summed E-state index contributed by atoms with van der Waals surface area (Å²) in [6, 6.07) is 13.7. The summed E-state index contributed by atoms with van der Waals surface area (Å²) in [6.07, 6.45) is 2.38. The maximum absolute atomic E-state index is 13.0. The maximum Gasteiger partial charge on any atom is 0.385 e. The van der Waals surface area contributed by atoms with Gasteiger partial charge in [-0.1, -0.05) is 41.1 Å². The van der Waals surface area contributed by atoms with E-state index in [0.29, 0.717) is 29.4 Å². The number of halogens is 1. The second-order valence-corrected chi connectivity index (χ2v) is 11.6. The Labute approximate surface area is 221 Å². The number of fused-ring (bicyclic) bond motifs is 5. The van der Waals surface area contributed by atoms with Crippen LogP contribution in [0.15, 0.2) is 42.5 Å². The third-order valence-electron chi connectivity index (χ3n) is 7.24. The van der Waals surface area contributed by atoms with E-state index in [1.54, 1.807) is 12.1 Å². The van der Waals surface area contributed by atoms with Crippen LogP contribution in [-0.4, -0.2) is 34.3 Å². The highest BCUT2D eigenvalue weighted by Gasteiger charge is 2.34. The molecule has 1 atom stereocenters. The largest absolute Gasteiger partial charge is 0.492 e. The molecule has 37 heavy (non-hydrogen) atoms. The fourth-order valence-corrected chi connectivity index (χ4v) is 6.35. The monoisotopic (exact) mass is 538 g/mol. The predicted molar refractivity (Wildman–Crippen MR) is 141 cm³/mol. The number of benzene rings is 3. The molecular formula is C27H27ClN4O4S. The van der Waals surface area contributed by atoms with E-state index < -0.39 is 10.3 Å². The zero-order valence-corrected chi connectivity index (χ0v) is 22.3. The van der Waals surface area contributed by atoms with Crippen LogP contribution in [0.5, 0.6) is 11.5 Å². The lowest BCUT2D eigenvalue weighted by Crippen LogP contribution is -2.37. The molecule has 0 radical (unpaired) electrons. The first-order valence-electron chi connectivity index (χ1n) is 12.3. The smallest absolute Gasteiger partial charge is 0.385 e. The number of aromatic nitrogens is 3. The molecule has 0 fully saturated rings. The number of aryl methyl sites for hydroxylation is 3. The van der Waals surface area contributed by atoms with E-state index in [1.807, 2.05) is 17.7 Å². The van der Waals surface area contributed by atoms with Crippen LogP contribution in [0.25, 0.3) is 11.0 Å². The molecule has 3 aromatic carbocycles. The van der Waals surface area contributed by atoms with Gasteiger partial charge < -0.3 is 8.92 Å². The van der Waals surface area contributed by atoms with E-state index in [0.717, 1.165) is 52.7 Å². The fourth-order valence-electron chi connectivity index (χ4n) is 5.00. The number of rotatable bonds is 0. The summed E-state index contributed by atoms with van der Waals surface area (Å²) in [5.74, 6) is 0.764. The summed E-state index contributed by atoms with van der Waals surface area (Å²) < 4.78 is 40.7. The number of hydrogen-bond donors (Lipinski definition) is 0. The minimum Gasteiger partial charge on any atom is -0.492 e. The first kappa shape index (κ1) is 24.2. The van der Waals surface area contributed by atoms with Crippen LogP contribution < -0.4 is 8.92 Å². The Bertz CT molecular complexity index is 1630. The quantitative estimate of drug-likeness (QED) is 0.309. The van der Waals surface area contributed by atoms with Crippen molar-refractivity contribution in [2.75, 3.05) is 6.61 Å². The van der Waals surface area contributed by atoms with Crippen molar-refractivity contribution in [3.63, 3.8) is 0 Å². The van der Waals surface area contributed by atoms with Gasteiger partial charge in [-0.3, -0.25) is 0 Å². The number of ether oxygens (including phenoxy) is 1. The Morgan fingerprint density at radius 2 is 1.81 bits per heavy atom. The first-order valence-corrected chi connectivity index (χ1v) is 14.1. The van der Waals surface area contributed by atoms with Crippen molar-refractivity contribution in [2.24, 2.45) is 0 Å². The van der Waals surface area contributed by atoms with Gasteiger partial charge in [-0.25, -0.2) is 4.68 Å². The van der Waals surface area contributed by atoms with Crippen molar-refractivity contribution in [3.8, 4) is 11.5 Å². The van der Waals surface area contributed by atoms with Gasteiger partial charge in [0.1, 0.15) is 17.0 Å². The first-order chi connectivity index (χ1) is 17.8. The Hall–Kier alpha value is -3.14. The second-order valence-electron chi connectivity index (χ2n) is 9.69. The van der Waals surface area contributed by atoms with Crippen LogP contribution in [0.2, 0.25) is 5.02 Å². The average molecular weight is 539 g/mol. The molecule has 4 aromatic rings. The molecule has 0 N–H and O–H groups in total. The van der Waals surface area contributed by atoms with E-state index >= 15 is 0 Å². The van der Waals surface area contributed by atoms with Crippen LogP contribution in [-0.2, 0) is 36.4 Å². The Morgan fingerprint density at radius 3 is 2.68 bits per heavy atom. The molecule has 0 amide bonds. The van der Waals surface area contributed by atoms with E-state index in [9.17, 15) is 8.42 Å². The summed E-state index contributed by atoms with van der Waals surface area (Å²) in [7, 11) is -3.98. The maximum atomic E-state index is 13.0. The van der Waals surface area contributed by atoms with E-state index in [2.05, 4.69) is 41.5 Å². The molecule has 8 nitrogen and oxygen atoms in total. The van der Waals surface area contributed by atoms with Crippen LogP contribution >= 0.6 is 11.6 Å². The summed E-state index contributed by atoms with van der Waals surface area (Å²) in [5, 5.41) is 9.25. The van der Waals surface area contributed by atoms with Gasteiger partial charge in [0, 0.05) is 25.2 Å². The minimum atomic E-state index is -3.98. The average Bonchev–Trinajstić information content (AvgIpc) is 3.27. The molecule has 1 unspecified atom stereocenters. The van der Waals surface area contributed by atoms with Crippen molar-refractivity contribution < 1.29 is 17.3 Å². The van der Waals surface area contributed by atoms with Gasteiger partial charge in [-0.15, -0.1) is 5.10 Å². The van der Waals surface area contributed by atoms with Crippen LogP contribution in [0.4, 0.5) is 0 Å². The lowest BCUT2D eigenvalue weighted by Gasteiger charge is -2.29. The molecule has 9 bridgehead atoms. The van der Waals surface area contributed by atoms with Gasteiger partial charge in [0.05, 0.1) is 17.1 Å². The predicted octanol–water partition coefficient (Wildman–Crippen LogP) is 5.10. The van der Waals surface area contributed by atoms with Gasteiger partial charge in [0.2, 0.25) is 0 Å². The summed E-state index contributed by atoms with van der Waals surface area (Å²) >= 11 is 6.68. The van der Waals surface area contributed by atoms with Crippen LogP contribution in [0, 0.1) is 13.8 Å². The highest BCUT2D eigenvalue weighted by Crippen LogP contribution is 2.40. The third kappa shape index (κ3) is 4.45. The minimum absolute atomic E-state index is 0.110. The Morgan fingerprint density at radius 1 is 0.973 bits per heavy atom. The van der Waals surface area contributed by atoms with Crippen LogP contribution in [0.3, 0.4) is 0 Å². The molecule has 192 valence electrons. The Balaban J connectivity index is 1.43. The molecule has 7 rings (SSSR count). The van der Waals surface area contributed by atoms with Crippen molar-refractivity contribution in [2.45, 2.75) is 52.7 Å². The summed E-state index contributed by atoms with van der Waals surface area (Å²) in [5.41, 5.74) is 7.82. The topological polar surface area (TPSA) is 86.5 Å². The third-order valence-corrected chi connectivity index (χ3v) is 8.94. The second kappa shape index (κ2) is 9.31. The molecule has 0 spiro atoms.